The van der Waals surface area contributed by atoms with Gasteiger partial charge in [-0.1, -0.05) is 11.6 Å². The Balaban J connectivity index is 1.77. The van der Waals surface area contributed by atoms with Crippen molar-refractivity contribution >= 4 is 27.5 Å². The Morgan fingerprint density at radius 2 is 1.93 bits per heavy atom. The molecule has 0 aliphatic carbocycles. The number of amides is 1. The average Bonchev–Trinajstić information content (AvgIpc) is 2.92. The van der Waals surface area contributed by atoms with E-state index in [2.05, 4.69) is 14.8 Å². The first-order valence-corrected chi connectivity index (χ1v) is 10.9. The first-order valence-electron chi connectivity index (χ1n) is 8.61. The minimum absolute atomic E-state index is 0.159. The Morgan fingerprint density at radius 1 is 1.26 bits per heavy atom. The van der Waals surface area contributed by atoms with Gasteiger partial charge in [-0.2, -0.15) is 5.10 Å². The lowest BCUT2D eigenvalue weighted by atomic mass is 10.1. The molecule has 8 nitrogen and oxygen atoms in total. The summed E-state index contributed by atoms with van der Waals surface area (Å²) in [5.41, 5.74) is 1.95. The molecule has 0 bridgehead atoms. The molecule has 1 saturated heterocycles. The number of hydrogen-bond donors (Lipinski definition) is 1. The summed E-state index contributed by atoms with van der Waals surface area (Å²) in [6.45, 7) is 4.68. The molecule has 2 aromatic heterocycles. The van der Waals surface area contributed by atoms with E-state index in [0.717, 1.165) is 17.6 Å². The van der Waals surface area contributed by atoms with Crippen LogP contribution in [0.4, 0.5) is 0 Å². The van der Waals surface area contributed by atoms with E-state index >= 15 is 0 Å². The highest BCUT2D eigenvalue weighted by atomic mass is 35.5. The molecule has 146 valence electrons. The fourth-order valence-electron chi connectivity index (χ4n) is 3.21. The van der Waals surface area contributed by atoms with Crippen LogP contribution in [0.1, 0.15) is 34.7 Å². The number of carbonyl (C=O) groups is 1. The summed E-state index contributed by atoms with van der Waals surface area (Å²) in [7, 11) is -3.26. The fraction of sp³-hybridized carbons (Fsp3) is 0.471. The molecule has 3 heterocycles. The van der Waals surface area contributed by atoms with E-state index in [1.807, 2.05) is 19.9 Å². The predicted molar refractivity (Wildman–Crippen MR) is 103 cm³/mol. The van der Waals surface area contributed by atoms with Crippen LogP contribution in [0.25, 0.3) is 5.82 Å². The van der Waals surface area contributed by atoms with E-state index in [4.69, 9.17) is 11.6 Å². The number of carbonyl (C=O) groups excluding carboxylic acids is 1. The molecule has 0 saturated carbocycles. The maximum absolute atomic E-state index is 12.9. The second-order valence-corrected chi connectivity index (χ2v) is 8.98. The van der Waals surface area contributed by atoms with Crippen LogP contribution in [0.2, 0.25) is 5.02 Å². The van der Waals surface area contributed by atoms with Gasteiger partial charge < -0.3 is 4.90 Å². The zero-order valence-electron chi connectivity index (χ0n) is 15.4. The second-order valence-electron chi connectivity index (χ2n) is 6.80. The summed E-state index contributed by atoms with van der Waals surface area (Å²) in [5, 5.41) is 4.67. The van der Waals surface area contributed by atoms with Crippen molar-refractivity contribution in [2.75, 3.05) is 19.3 Å². The van der Waals surface area contributed by atoms with Gasteiger partial charge in [-0.3, -0.25) is 4.79 Å². The van der Waals surface area contributed by atoms with Gasteiger partial charge in [0.05, 0.1) is 17.0 Å². The number of nitrogens with one attached hydrogen (secondary N) is 1. The minimum Gasteiger partial charge on any atom is -0.337 e. The normalized spacial score (nSPS) is 15.9. The molecule has 1 aliphatic rings. The third-order valence-corrected chi connectivity index (χ3v) is 5.49. The summed E-state index contributed by atoms with van der Waals surface area (Å²) in [6.07, 6.45) is 2.24. The van der Waals surface area contributed by atoms with Crippen LogP contribution >= 0.6 is 11.6 Å². The van der Waals surface area contributed by atoms with Gasteiger partial charge >= 0.3 is 0 Å². The molecule has 0 unspecified atom stereocenters. The Kier molecular flexibility index (Phi) is 5.55. The van der Waals surface area contributed by atoms with Crippen molar-refractivity contribution in [1.82, 2.24) is 24.4 Å². The smallest absolute Gasteiger partial charge is 0.274 e. The van der Waals surface area contributed by atoms with Gasteiger partial charge in [0.1, 0.15) is 5.69 Å². The van der Waals surface area contributed by atoms with Crippen LogP contribution in [0.15, 0.2) is 18.2 Å². The topological polar surface area (TPSA) is 97.2 Å². The predicted octanol–water partition coefficient (Wildman–Crippen LogP) is 1.69. The van der Waals surface area contributed by atoms with E-state index in [0.29, 0.717) is 31.7 Å². The highest BCUT2D eigenvalue weighted by Crippen LogP contribution is 2.21. The average molecular weight is 412 g/mol. The molecule has 2 aromatic rings. The lowest BCUT2D eigenvalue weighted by molar-refractivity contribution is 0.0705. The standard InChI is InChI=1S/C17H22ClN5O3S/c1-11-10-12(2)23(20-11)15-5-4-14(18)16(19-15)17(24)22-8-6-13(7-9-22)21-27(3,25)26/h4-5,10,13,21H,6-9H2,1-3H3. The SMILES string of the molecule is Cc1cc(C)n(-c2ccc(Cl)c(C(=O)N3CCC(NS(C)(=O)=O)CC3)n2)n1. The molecule has 0 atom stereocenters. The molecule has 3 rings (SSSR count). The lowest BCUT2D eigenvalue weighted by Crippen LogP contribution is -2.46. The number of rotatable bonds is 4. The van der Waals surface area contributed by atoms with Crippen molar-refractivity contribution in [1.29, 1.82) is 0 Å². The largest absolute Gasteiger partial charge is 0.337 e. The van der Waals surface area contributed by atoms with E-state index in [1.165, 1.54) is 0 Å². The number of sulfonamides is 1. The molecule has 0 radical (unpaired) electrons. The van der Waals surface area contributed by atoms with Gasteiger partial charge in [0.25, 0.3) is 5.91 Å². The maximum atomic E-state index is 12.9. The molecule has 0 spiro atoms. The number of halogens is 1. The van der Waals surface area contributed by atoms with Crippen molar-refractivity contribution in [2.24, 2.45) is 0 Å². The first kappa shape index (κ1) is 19.8. The fourth-order valence-corrected chi connectivity index (χ4v) is 4.24. The molecule has 27 heavy (non-hydrogen) atoms. The van der Waals surface area contributed by atoms with Gasteiger partial charge in [0.15, 0.2) is 5.82 Å². The number of aromatic nitrogens is 3. The number of likely N-dealkylation sites (tertiary alicyclic amines) is 1. The van der Waals surface area contributed by atoms with Crippen LogP contribution in [0.3, 0.4) is 0 Å². The van der Waals surface area contributed by atoms with Crippen molar-refractivity contribution in [3.63, 3.8) is 0 Å². The van der Waals surface area contributed by atoms with Gasteiger partial charge in [0, 0.05) is 24.8 Å². The van der Waals surface area contributed by atoms with Crippen LogP contribution in [-0.2, 0) is 10.0 Å². The molecule has 10 heteroatoms. The maximum Gasteiger partial charge on any atom is 0.274 e. The Labute approximate surface area is 163 Å². The number of hydrogen-bond acceptors (Lipinski definition) is 5. The highest BCUT2D eigenvalue weighted by molar-refractivity contribution is 7.88. The van der Waals surface area contributed by atoms with Crippen LogP contribution in [0.5, 0.6) is 0 Å². The minimum atomic E-state index is -3.26. The number of aryl methyl sites for hydroxylation is 2. The van der Waals surface area contributed by atoms with Crippen LogP contribution < -0.4 is 4.72 Å². The summed E-state index contributed by atoms with van der Waals surface area (Å²) in [6, 6.07) is 5.14. The van der Waals surface area contributed by atoms with Gasteiger partial charge in [-0.05, 0) is 44.9 Å². The van der Waals surface area contributed by atoms with Crippen LogP contribution in [0, 0.1) is 13.8 Å². The van der Waals surface area contributed by atoms with E-state index < -0.39 is 10.0 Å². The third kappa shape index (κ3) is 4.66. The Bertz CT molecular complexity index is 965. The number of nitrogens with zero attached hydrogens (tertiary/aromatic N) is 4. The molecule has 0 aromatic carbocycles. The molecular weight excluding hydrogens is 390 g/mol. The molecule has 1 fully saturated rings. The monoisotopic (exact) mass is 411 g/mol. The van der Waals surface area contributed by atoms with E-state index in [-0.39, 0.29) is 22.7 Å². The van der Waals surface area contributed by atoms with Gasteiger partial charge in [-0.25, -0.2) is 22.8 Å². The lowest BCUT2D eigenvalue weighted by Gasteiger charge is -2.32. The quantitative estimate of drug-likeness (QED) is 0.825. The Morgan fingerprint density at radius 3 is 2.48 bits per heavy atom. The summed E-state index contributed by atoms with van der Waals surface area (Å²) in [4.78, 5) is 19.0. The van der Waals surface area contributed by atoms with Crippen molar-refractivity contribution < 1.29 is 13.2 Å². The third-order valence-electron chi connectivity index (χ3n) is 4.42. The van der Waals surface area contributed by atoms with E-state index in [1.54, 1.807) is 21.7 Å². The molecule has 1 N–H and O–H groups in total. The number of pyridine rings is 1. The van der Waals surface area contributed by atoms with Crippen molar-refractivity contribution in [3.05, 3.63) is 40.3 Å². The first-order chi connectivity index (χ1) is 12.6. The Hall–Kier alpha value is -1.97. The second kappa shape index (κ2) is 7.57. The summed E-state index contributed by atoms with van der Waals surface area (Å²) < 4.78 is 27.0. The van der Waals surface area contributed by atoms with E-state index in [9.17, 15) is 13.2 Å². The zero-order valence-corrected chi connectivity index (χ0v) is 17.0. The van der Waals surface area contributed by atoms with Crippen molar-refractivity contribution in [2.45, 2.75) is 32.7 Å². The van der Waals surface area contributed by atoms with Gasteiger partial charge in [-0.15, -0.1) is 0 Å². The number of piperidine rings is 1. The molecular formula is C17H22ClN5O3S. The highest BCUT2D eigenvalue weighted by Gasteiger charge is 2.27. The molecule has 1 aliphatic heterocycles. The summed E-state index contributed by atoms with van der Waals surface area (Å²) in [5.74, 6) is 0.267. The summed E-state index contributed by atoms with van der Waals surface area (Å²) >= 11 is 6.23. The van der Waals surface area contributed by atoms with Gasteiger partial charge in [0.2, 0.25) is 10.0 Å². The van der Waals surface area contributed by atoms with Crippen LogP contribution in [-0.4, -0.2) is 59.4 Å². The van der Waals surface area contributed by atoms with Crippen molar-refractivity contribution in [3.8, 4) is 5.82 Å². The molecule has 1 amide bonds. The zero-order chi connectivity index (χ0) is 19.8.